The number of aromatic amines is 1. The van der Waals surface area contributed by atoms with Crippen LogP contribution in [-0.4, -0.2) is 23.2 Å². The van der Waals surface area contributed by atoms with Crippen molar-refractivity contribution in [3.63, 3.8) is 0 Å². The van der Waals surface area contributed by atoms with E-state index >= 15 is 0 Å². The molecule has 1 amide bonds. The van der Waals surface area contributed by atoms with E-state index in [4.69, 9.17) is 0 Å². The number of aromatic nitrogens is 2. The lowest BCUT2D eigenvalue weighted by Gasteiger charge is -1.99. The third-order valence-electron chi connectivity index (χ3n) is 2.02. The second-order valence-electron chi connectivity index (χ2n) is 3.05. The summed E-state index contributed by atoms with van der Waals surface area (Å²) in [5.74, 6) is 0.710. The molecule has 1 heterocycles. The van der Waals surface area contributed by atoms with E-state index in [1.165, 1.54) is 7.11 Å². The Morgan fingerprint density at radius 3 is 3.07 bits per heavy atom. The summed E-state index contributed by atoms with van der Waals surface area (Å²) >= 11 is 0. The fourth-order valence-corrected chi connectivity index (χ4v) is 1.32. The van der Waals surface area contributed by atoms with Crippen LogP contribution in [0.15, 0.2) is 24.3 Å². The lowest BCUT2D eigenvalue weighted by molar-refractivity contribution is 0.170. The minimum absolute atomic E-state index is 0.335. The number of hydrogen-bond acceptors (Lipinski definition) is 3. The fraction of sp³-hybridized carbons (Fsp3) is 0.200. The Hall–Kier alpha value is -2.04. The van der Waals surface area contributed by atoms with Gasteiger partial charge in [-0.05, 0) is 12.1 Å². The van der Waals surface area contributed by atoms with Crippen molar-refractivity contribution >= 4 is 17.1 Å². The number of para-hydroxylation sites is 2. The molecular formula is C10H11N3O2. The van der Waals surface area contributed by atoms with Gasteiger partial charge in [0.2, 0.25) is 0 Å². The van der Waals surface area contributed by atoms with Gasteiger partial charge in [-0.1, -0.05) is 12.1 Å². The van der Waals surface area contributed by atoms with Gasteiger partial charge in [-0.2, -0.15) is 0 Å². The SMILES string of the molecule is COC(=O)NCc1nc2ccccc2[nH]1. The average Bonchev–Trinajstić information content (AvgIpc) is 2.68. The van der Waals surface area contributed by atoms with Gasteiger partial charge >= 0.3 is 6.09 Å². The molecule has 1 aromatic carbocycles. The molecule has 0 saturated carbocycles. The summed E-state index contributed by atoms with van der Waals surface area (Å²) in [7, 11) is 1.33. The van der Waals surface area contributed by atoms with E-state index in [9.17, 15) is 4.79 Å². The largest absolute Gasteiger partial charge is 0.453 e. The van der Waals surface area contributed by atoms with Gasteiger partial charge in [0, 0.05) is 0 Å². The molecule has 0 unspecified atom stereocenters. The first-order valence-electron chi connectivity index (χ1n) is 4.55. The highest BCUT2D eigenvalue weighted by atomic mass is 16.5. The lowest BCUT2D eigenvalue weighted by Crippen LogP contribution is -2.22. The normalized spacial score (nSPS) is 10.2. The summed E-state index contributed by atoms with van der Waals surface area (Å²) in [6.45, 7) is 0.335. The molecule has 0 bridgehead atoms. The molecule has 78 valence electrons. The zero-order valence-electron chi connectivity index (χ0n) is 8.28. The minimum atomic E-state index is -0.463. The monoisotopic (exact) mass is 205 g/mol. The molecule has 2 N–H and O–H groups in total. The molecule has 5 heteroatoms. The molecule has 2 aromatic rings. The summed E-state index contributed by atoms with van der Waals surface area (Å²) in [6.07, 6.45) is -0.463. The molecule has 0 radical (unpaired) electrons. The number of fused-ring (bicyclic) bond motifs is 1. The first-order valence-corrected chi connectivity index (χ1v) is 4.55. The van der Waals surface area contributed by atoms with E-state index in [0.29, 0.717) is 12.4 Å². The highest BCUT2D eigenvalue weighted by Gasteiger charge is 2.03. The van der Waals surface area contributed by atoms with E-state index in [0.717, 1.165) is 11.0 Å². The highest BCUT2D eigenvalue weighted by molar-refractivity contribution is 5.74. The number of amides is 1. The molecule has 0 fully saturated rings. The van der Waals surface area contributed by atoms with Gasteiger partial charge in [-0.3, -0.25) is 0 Å². The zero-order valence-corrected chi connectivity index (χ0v) is 8.28. The summed E-state index contributed by atoms with van der Waals surface area (Å²) in [5.41, 5.74) is 1.85. The zero-order chi connectivity index (χ0) is 10.7. The molecule has 1 aromatic heterocycles. The van der Waals surface area contributed by atoms with E-state index < -0.39 is 6.09 Å². The van der Waals surface area contributed by atoms with Crippen LogP contribution in [0.3, 0.4) is 0 Å². The third kappa shape index (κ3) is 2.07. The molecule has 0 aliphatic carbocycles. The van der Waals surface area contributed by atoms with E-state index in [1.54, 1.807) is 0 Å². The van der Waals surface area contributed by atoms with Crippen molar-refractivity contribution in [1.82, 2.24) is 15.3 Å². The highest BCUT2D eigenvalue weighted by Crippen LogP contribution is 2.09. The number of rotatable bonds is 2. The van der Waals surface area contributed by atoms with E-state index in [-0.39, 0.29) is 0 Å². The van der Waals surface area contributed by atoms with Gasteiger partial charge in [0.05, 0.1) is 24.7 Å². The number of benzene rings is 1. The Morgan fingerprint density at radius 1 is 1.53 bits per heavy atom. The number of nitrogens with zero attached hydrogens (tertiary/aromatic N) is 1. The number of hydrogen-bond donors (Lipinski definition) is 2. The smallest absolute Gasteiger partial charge is 0.407 e. The lowest BCUT2D eigenvalue weighted by atomic mass is 10.3. The summed E-state index contributed by atoms with van der Waals surface area (Å²) in [5, 5.41) is 2.55. The van der Waals surface area contributed by atoms with Crippen LogP contribution in [0.5, 0.6) is 0 Å². The van der Waals surface area contributed by atoms with Crippen molar-refractivity contribution < 1.29 is 9.53 Å². The molecule has 0 atom stereocenters. The standard InChI is InChI=1S/C10H11N3O2/c1-15-10(14)11-6-9-12-7-4-2-3-5-8(7)13-9/h2-5H,6H2,1H3,(H,11,14)(H,12,13). The minimum Gasteiger partial charge on any atom is -0.453 e. The number of H-pyrrole nitrogens is 1. The topological polar surface area (TPSA) is 67.0 Å². The quantitative estimate of drug-likeness (QED) is 0.779. The maximum absolute atomic E-state index is 10.8. The van der Waals surface area contributed by atoms with E-state index in [1.807, 2.05) is 24.3 Å². The van der Waals surface area contributed by atoms with Crippen molar-refractivity contribution in [2.75, 3.05) is 7.11 Å². The van der Waals surface area contributed by atoms with Crippen molar-refractivity contribution in [2.45, 2.75) is 6.54 Å². The maximum atomic E-state index is 10.8. The number of nitrogens with one attached hydrogen (secondary N) is 2. The van der Waals surface area contributed by atoms with Crippen molar-refractivity contribution in [3.8, 4) is 0 Å². The van der Waals surface area contributed by atoms with Crippen LogP contribution in [0.25, 0.3) is 11.0 Å². The van der Waals surface area contributed by atoms with Crippen LogP contribution in [0.4, 0.5) is 4.79 Å². The number of carbonyl (C=O) groups excluding carboxylic acids is 1. The maximum Gasteiger partial charge on any atom is 0.407 e. The second kappa shape index (κ2) is 4.00. The van der Waals surface area contributed by atoms with Crippen LogP contribution in [0.1, 0.15) is 5.82 Å². The third-order valence-corrected chi connectivity index (χ3v) is 2.02. The Morgan fingerprint density at radius 2 is 2.33 bits per heavy atom. The van der Waals surface area contributed by atoms with Crippen LogP contribution < -0.4 is 5.32 Å². The molecule has 5 nitrogen and oxygen atoms in total. The molecule has 0 aliphatic heterocycles. The first-order chi connectivity index (χ1) is 7.29. The van der Waals surface area contributed by atoms with Crippen molar-refractivity contribution in [2.24, 2.45) is 0 Å². The Labute approximate surface area is 86.5 Å². The second-order valence-corrected chi connectivity index (χ2v) is 3.05. The first kappa shape index (κ1) is 9.51. The number of alkyl carbamates (subject to hydrolysis) is 1. The Bertz CT molecular complexity index is 445. The summed E-state index contributed by atoms with van der Waals surface area (Å²) in [6, 6.07) is 7.69. The fourth-order valence-electron chi connectivity index (χ4n) is 1.32. The summed E-state index contributed by atoms with van der Waals surface area (Å²) < 4.78 is 4.45. The summed E-state index contributed by atoms with van der Waals surface area (Å²) in [4.78, 5) is 18.2. The average molecular weight is 205 g/mol. The predicted molar refractivity (Wildman–Crippen MR) is 55.3 cm³/mol. The number of imidazole rings is 1. The van der Waals surface area contributed by atoms with Crippen LogP contribution >= 0.6 is 0 Å². The van der Waals surface area contributed by atoms with Crippen LogP contribution in [0, 0.1) is 0 Å². The van der Waals surface area contributed by atoms with Crippen molar-refractivity contribution in [3.05, 3.63) is 30.1 Å². The molecule has 0 aliphatic rings. The molecule has 15 heavy (non-hydrogen) atoms. The van der Waals surface area contributed by atoms with Crippen LogP contribution in [-0.2, 0) is 11.3 Å². The number of carbonyl (C=O) groups is 1. The molecule has 0 saturated heterocycles. The van der Waals surface area contributed by atoms with Gasteiger partial charge in [0.25, 0.3) is 0 Å². The molecule has 0 spiro atoms. The molecular weight excluding hydrogens is 194 g/mol. The van der Waals surface area contributed by atoms with Crippen LogP contribution in [0.2, 0.25) is 0 Å². The number of ether oxygens (including phenoxy) is 1. The Kier molecular flexibility index (Phi) is 2.53. The predicted octanol–water partition coefficient (Wildman–Crippen LogP) is 1.42. The number of methoxy groups -OCH3 is 1. The van der Waals surface area contributed by atoms with Gasteiger partial charge < -0.3 is 15.0 Å². The van der Waals surface area contributed by atoms with Crippen molar-refractivity contribution in [1.29, 1.82) is 0 Å². The van der Waals surface area contributed by atoms with Gasteiger partial charge in [0.15, 0.2) is 0 Å². The molecule has 2 rings (SSSR count). The van der Waals surface area contributed by atoms with Gasteiger partial charge in [-0.15, -0.1) is 0 Å². The van der Waals surface area contributed by atoms with Gasteiger partial charge in [-0.25, -0.2) is 9.78 Å². The Balaban J connectivity index is 2.12. The van der Waals surface area contributed by atoms with Gasteiger partial charge in [0.1, 0.15) is 5.82 Å². The van der Waals surface area contributed by atoms with E-state index in [2.05, 4.69) is 20.0 Å².